The van der Waals surface area contributed by atoms with Gasteiger partial charge in [0.15, 0.2) is 0 Å². The van der Waals surface area contributed by atoms with E-state index < -0.39 is 32.5 Å². The second-order valence-corrected chi connectivity index (χ2v) is 13.7. The summed E-state index contributed by atoms with van der Waals surface area (Å²) in [7, 11) is -7.49. The van der Waals surface area contributed by atoms with Crippen molar-refractivity contribution in [3.8, 4) is 5.75 Å². The van der Waals surface area contributed by atoms with Gasteiger partial charge >= 0.3 is 0 Å². The summed E-state index contributed by atoms with van der Waals surface area (Å²) in [6, 6.07) is 21.3. The van der Waals surface area contributed by atoms with Gasteiger partial charge in [-0.1, -0.05) is 44.2 Å². The molecular weight excluding hydrogens is 550 g/mol. The summed E-state index contributed by atoms with van der Waals surface area (Å²) < 4.78 is 60.5. The molecule has 40 heavy (non-hydrogen) atoms. The standard InChI is InChI=1S/C29H35N3O6S2/c1-23(2)24-10-12-25(13-11-24)32(40(36,37)27-8-4-3-5-9-27)22-29(33)30-18-21-38-26-14-16-28(17-15-26)39(34,35)31-19-6-7-20-31/h3-5,8-17,23H,6-7,18-22H2,1-2H3,(H,30,33). The molecule has 0 aromatic heterocycles. The lowest BCUT2D eigenvalue weighted by molar-refractivity contribution is -0.119. The molecule has 0 saturated carbocycles. The Morgan fingerprint density at radius 3 is 2.10 bits per heavy atom. The molecule has 4 rings (SSSR count). The number of hydrogen-bond acceptors (Lipinski definition) is 6. The average molecular weight is 586 g/mol. The largest absolute Gasteiger partial charge is 0.492 e. The number of hydrogen-bond donors (Lipinski definition) is 1. The molecule has 1 saturated heterocycles. The molecule has 0 bridgehead atoms. The molecule has 1 N–H and O–H groups in total. The molecule has 0 spiro atoms. The van der Waals surface area contributed by atoms with E-state index >= 15 is 0 Å². The van der Waals surface area contributed by atoms with Crippen molar-refractivity contribution in [2.24, 2.45) is 0 Å². The third-order valence-corrected chi connectivity index (χ3v) is 10.4. The maximum absolute atomic E-state index is 13.5. The zero-order valence-electron chi connectivity index (χ0n) is 22.7. The molecule has 3 aromatic rings. The maximum atomic E-state index is 13.5. The number of nitrogens with zero attached hydrogens (tertiary/aromatic N) is 2. The molecule has 0 unspecified atom stereocenters. The van der Waals surface area contributed by atoms with Crippen molar-refractivity contribution in [1.29, 1.82) is 0 Å². The van der Waals surface area contributed by atoms with E-state index in [1.165, 1.54) is 28.6 Å². The van der Waals surface area contributed by atoms with Crippen LogP contribution in [0.15, 0.2) is 88.7 Å². The van der Waals surface area contributed by atoms with Crippen LogP contribution in [-0.2, 0) is 24.8 Å². The smallest absolute Gasteiger partial charge is 0.264 e. The molecule has 1 aliphatic heterocycles. The van der Waals surface area contributed by atoms with E-state index in [-0.39, 0.29) is 28.9 Å². The highest BCUT2D eigenvalue weighted by molar-refractivity contribution is 7.92. The Hall–Kier alpha value is -3.41. The Kier molecular flexibility index (Phi) is 9.49. The number of carbonyl (C=O) groups is 1. The highest BCUT2D eigenvalue weighted by Crippen LogP contribution is 2.26. The SMILES string of the molecule is CC(C)c1ccc(N(CC(=O)NCCOc2ccc(S(=O)(=O)N3CCCC3)cc2)S(=O)(=O)c2ccccc2)cc1. The van der Waals surface area contributed by atoms with Crippen molar-refractivity contribution in [3.05, 3.63) is 84.4 Å². The topological polar surface area (TPSA) is 113 Å². The monoisotopic (exact) mass is 585 g/mol. The van der Waals surface area contributed by atoms with E-state index in [0.717, 1.165) is 22.7 Å². The van der Waals surface area contributed by atoms with Crippen LogP contribution < -0.4 is 14.4 Å². The molecule has 3 aromatic carbocycles. The number of carbonyl (C=O) groups excluding carboxylic acids is 1. The lowest BCUT2D eigenvalue weighted by Crippen LogP contribution is -2.41. The molecule has 1 fully saturated rings. The van der Waals surface area contributed by atoms with Crippen LogP contribution in [0.5, 0.6) is 5.75 Å². The van der Waals surface area contributed by atoms with Gasteiger partial charge in [0, 0.05) is 13.1 Å². The first-order valence-corrected chi connectivity index (χ1v) is 16.1. The van der Waals surface area contributed by atoms with E-state index in [1.54, 1.807) is 42.5 Å². The minimum Gasteiger partial charge on any atom is -0.492 e. The first kappa shape index (κ1) is 29.6. The summed E-state index contributed by atoms with van der Waals surface area (Å²) in [6.07, 6.45) is 1.74. The van der Waals surface area contributed by atoms with Gasteiger partial charge in [0.05, 0.1) is 22.0 Å². The molecule has 0 aliphatic carbocycles. The van der Waals surface area contributed by atoms with Crippen molar-refractivity contribution >= 4 is 31.6 Å². The van der Waals surface area contributed by atoms with Crippen molar-refractivity contribution in [3.63, 3.8) is 0 Å². The molecule has 0 radical (unpaired) electrons. The highest BCUT2D eigenvalue weighted by atomic mass is 32.2. The zero-order valence-corrected chi connectivity index (χ0v) is 24.3. The van der Waals surface area contributed by atoms with Crippen LogP contribution in [0.2, 0.25) is 0 Å². The van der Waals surface area contributed by atoms with Crippen molar-refractivity contribution in [2.45, 2.75) is 42.4 Å². The number of ether oxygens (including phenoxy) is 1. The summed E-state index contributed by atoms with van der Waals surface area (Å²) in [5.41, 5.74) is 1.45. The molecule has 9 nitrogen and oxygen atoms in total. The fraction of sp³-hybridized carbons (Fsp3) is 0.345. The normalized spacial score (nSPS) is 14.3. The van der Waals surface area contributed by atoms with Crippen molar-refractivity contribution in [1.82, 2.24) is 9.62 Å². The molecule has 214 valence electrons. The fourth-order valence-electron chi connectivity index (χ4n) is 4.39. The van der Waals surface area contributed by atoms with Crippen LogP contribution >= 0.6 is 0 Å². The molecule has 1 heterocycles. The van der Waals surface area contributed by atoms with Gasteiger partial charge < -0.3 is 10.1 Å². The third kappa shape index (κ3) is 7.01. The van der Waals surface area contributed by atoms with Gasteiger partial charge in [-0.2, -0.15) is 4.31 Å². The predicted octanol–water partition coefficient (Wildman–Crippen LogP) is 3.99. The minimum atomic E-state index is -3.99. The number of amides is 1. The molecule has 11 heteroatoms. The Labute approximate surface area is 236 Å². The second-order valence-electron chi connectivity index (χ2n) is 9.85. The molecular formula is C29H35N3O6S2. The Balaban J connectivity index is 1.36. The van der Waals surface area contributed by atoms with E-state index in [4.69, 9.17) is 4.74 Å². The van der Waals surface area contributed by atoms with Crippen LogP contribution in [0, 0.1) is 0 Å². The summed E-state index contributed by atoms with van der Waals surface area (Å²) in [6.45, 7) is 5.03. The van der Waals surface area contributed by atoms with Crippen LogP contribution in [0.3, 0.4) is 0 Å². The number of rotatable bonds is 12. The maximum Gasteiger partial charge on any atom is 0.264 e. The van der Waals surface area contributed by atoms with Crippen LogP contribution in [0.1, 0.15) is 38.2 Å². The number of nitrogens with one attached hydrogen (secondary N) is 1. The van der Waals surface area contributed by atoms with E-state index in [2.05, 4.69) is 5.32 Å². The van der Waals surface area contributed by atoms with Gasteiger partial charge in [-0.3, -0.25) is 9.10 Å². The predicted molar refractivity (Wildman–Crippen MR) is 154 cm³/mol. The van der Waals surface area contributed by atoms with Crippen LogP contribution in [0.4, 0.5) is 5.69 Å². The Morgan fingerprint density at radius 1 is 0.875 bits per heavy atom. The van der Waals surface area contributed by atoms with Crippen LogP contribution in [0.25, 0.3) is 0 Å². The van der Waals surface area contributed by atoms with E-state index in [0.29, 0.717) is 24.5 Å². The first-order valence-electron chi connectivity index (χ1n) is 13.3. The second kappa shape index (κ2) is 12.8. The number of sulfonamides is 2. The van der Waals surface area contributed by atoms with Crippen molar-refractivity contribution < 1.29 is 26.4 Å². The highest BCUT2D eigenvalue weighted by Gasteiger charge is 2.28. The zero-order chi connectivity index (χ0) is 28.8. The fourth-order valence-corrected chi connectivity index (χ4v) is 7.35. The third-order valence-electron chi connectivity index (χ3n) is 6.69. The quantitative estimate of drug-likeness (QED) is 0.322. The van der Waals surface area contributed by atoms with Gasteiger partial charge in [-0.25, -0.2) is 16.8 Å². The van der Waals surface area contributed by atoms with Gasteiger partial charge in [0.1, 0.15) is 18.9 Å². The van der Waals surface area contributed by atoms with Gasteiger partial charge in [0.2, 0.25) is 15.9 Å². The van der Waals surface area contributed by atoms with Crippen molar-refractivity contribution in [2.75, 3.05) is 37.1 Å². The van der Waals surface area contributed by atoms with Gasteiger partial charge in [-0.05, 0) is 72.9 Å². The van der Waals surface area contributed by atoms with Gasteiger partial charge in [-0.15, -0.1) is 0 Å². The molecule has 0 atom stereocenters. The number of anilines is 1. The Bertz CT molecular complexity index is 1490. The Morgan fingerprint density at radius 2 is 1.50 bits per heavy atom. The molecule has 1 amide bonds. The lowest BCUT2D eigenvalue weighted by Gasteiger charge is -2.24. The average Bonchev–Trinajstić information content (AvgIpc) is 3.51. The summed E-state index contributed by atoms with van der Waals surface area (Å²) in [5, 5.41) is 2.71. The first-order chi connectivity index (χ1) is 19.1. The summed E-state index contributed by atoms with van der Waals surface area (Å²) in [5.74, 6) is 0.262. The van der Waals surface area contributed by atoms with E-state index in [9.17, 15) is 21.6 Å². The summed E-state index contributed by atoms with van der Waals surface area (Å²) >= 11 is 0. The molecule has 1 aliphatic rings. The number of benzene rings is 3. The van der Waals surface area contributed by atoms with Crippen LogP contribution in [-0.4, -0.2) is 59.8 Å². The van der Waals surface area contributed by atoms with Gasteiger partial charge in [0.25, 0.3) is 10.0 Å². The lowest BCUT2D eigenvalue weighted by atomic mass is 10.0. The minimum absolute atomic E-state index is 0.0919. The summed E-state index contributed by atoms with van der Waals surface area (Å²) in [4.78, 5) is 13.1. The van der Waals surface area contributed by atoms with E-state index in [1.807, 2.05) is 26.0 Å².